The van der Waals surface area contributed by atoms with Gasteiger partial charge in [0.05, 0.1) is 0 Å². The first-order chi connectivity index (χ1) is 11.7. The van der Waals surface area contributed by atoms with Crippen LogP contribution in [0.4, 0.5) is 0 Å². The number of hydrogen-bond donors (Lipinski definition) is 1. The van der Waals surface area contributed by atoms with Crippen LogP contribution < -0.4 is 14.8 Å². The van der Waals surface area contributed by atoms with Gasteiger partial charge in [-0.15, -0.1) is 0 Å². The molecule has 1 aliphatic rings. The fourth-order valence-corrected chi connectivity index (χ4v) is 3.44. The number of amides is 1. The molecule has 0 saturated heterocycles. The molecule has 1 amide bonds. The number of nitrogens with one attached hydrogen (secondary N) is 1. The van der Waals surface area contributed by atoms with E-state index in [2.05, 4.69) is 5.32 Å². The van der Waals surface area contributed by atoms with E-state index in [0.717, 1.165) is 5.56 Å². The van der Waals surface area contributed by atoms with Crippen LogP contribution in [0.3, 0.4) is 0 Å². The SMILES string of the molecule is O=C(NCCS(=O)Cc1ccccc1)c1ccc2c(c1)OCCO2. The van der Waals surface area contributed by atoms with E-state index in [1.54, 1.807) is 18.2 Å². The summed E-state index contributed by atoms with van der Waals surface area (Å²) in [5.41, 5.74) is 1.54. The van der Waals surface area contributed by atoms with E-state index >= 15 is 0 Å². The van der Waals surface area contributed by atoms with Crippen molar-refractivity contribution < 1.29 is 18.5 Å². The Morgan fingerprint density at radius 1 is 1.04 bits per heavy atom. The Morgan fingerprint density at radius 2 is 1.79 bits per heavy atom. The van der Waals surface area contributed by atoms with Crippen LogP contribution in [0.2, 0.25) is 0 Å². The molecule has 0 aromatic heterocycles. The molecular formula is C18H19NO4S. The van der Waals surface area contributed by atoms with Crippen LogP contribution >= 0.6 is 0 Å². The van der Waals surface area contributed by atoms with Crippen molar-refractivity contribution in [2.24, 2.45) is 0 Å². The smallest absolute Gasteiger partial charge is 0.251 e. The lowest BCUT2D eigenvalue weighted by molar-refractivity contribution is 0.0955. The van der Waals surface area contributed by atoms with Gasteiger partial charge in [0.2, 0.25) is 0 Å². The Hall–Kier alpha value is -2.34. The molecule has 6 heteroatoms. The lowest BCUT2D eigenvalue weighted by Gasteiger charge is -2.18. The Bertz CT molecular complexity index is 733. The third kappa shape index (κ3) is 4.35. The van der Waals surface area contributed by atoms with Crippen molar-refractivity contribution in [2.75, 3.05) is 25.5 Å². The predicted molar refractivity (Wildman–Crippen MR) is 92.9 cm³/mol. The highest BCUT2D eigenvalue weighted by Crippen LogP contribution is 2.30. The molecule has 0 bridgehead atoms. The van der Waals surface area contributed by atoms with Crippen LogP contribution in [0.1, 0.15) is 15.9 Å². The van der Waals surface area contributed by atoms with Crippen molar-refractivity contribution >= 4 is 16.7 Å². The first kappa shape index (κ1) is 16.5. The number of hydrogen-bond acceptors (Lipinski definition) is 4. The van der Waals surface area contributed by atoms with Crippen LogP contribution in [0.25, 0.3) is 0 Å². The van der Waals surface area contributed by atoms with Crippen molar-refractivity contribution in [1.82, 2.24) is 5.32 Å². The number of fused-ring (bicyclic) bond motifs is 1. The molecule has 1 aliphatic heterocycles. The van der Waals surface area contributed by atoms with Crippen LogP contribution in [0.5, 0.6) is 11.5 Å². The summed E-state index contributed by atoms with van der Waals surface area (Å²) in [4.78, 5) is 12.2. The summed E-state index contributed by atoms with van der Waals surface area (Å²) < 4.78 is 22.9. The molecule has 1 heterocycles. The van der Waals surface area contributed by atoms with Crippen LogP contribution in [-0.2, 0) is 16.6 Å². The fourth-order valence-electron chi connectivity index (χ4n) is 2.40. The van der Waals surface area contributed by atoms with Gasteiger partial charge in [0.1, 0.15) is 13.2 Å². The minimum Gasteiger partial charge on any atom is -0.486 e. The average Bonchev–Trinajstić information content (AvgIpc) is 2.62. The molecule has 0 radical (unpaired) electrons. The molecule has 2 aromatic carbocycles. The first-order valence-electron chi connectivity index (χ1n) is 7.79. The highest BCUT2D eigenvalue weighted by molar-refractivity contribution is 7.84. The molecule has 2 aromatic rings. The van der Waals surface area contributed by atoms with Crippen molar-refractivity contribution in [2.45, 2.75) is 5.75 Å². The summed E-state index contributed by atoms with van der Waals surface area (Å²) in [5, 5.41) is 2.79. The van der Waals surface area contributed by atoms with E-state index in [4.69, 9.17) is 9.47 Å². The fraction of sp³-hybridized carbons (Fsp3) is 0.278. The second kappa shape index (κ2) is 7.97. The molecule has 0 fully saturated rings. The standard InChI is InChI=1S/C18H19NO4S/c20-18(15-6-7-16-17(12-15)23-10-9-22-16)19-8-11-24(21)13-14-4-2-1-3-5-14/h1-7,12H,8-11,13H2,(H,19,20). The maximum Gasteiger partial charge on any atom is 0.251 e. The zero-order valence-corrected chi connectivity index (χ0v) is 14.0. The van der Waals surface area contributed by atoms with Crippen LogP contribution in [-0.4, -0.2) is 35.6 Å². The van der Waals surface area contributed by atoms with Crippen molar-refractivity contribution in [3.05, 3.63) is 59.7 Å². The second-order valence-corrected chi connectivity index (χ2v) is 6.96. The molecule has 1 atom stereocenters. The van der Waals surface area contributed by atoms with Crippen molar-refractivity contribution in [3.8, 4) is 11.5 Å². The van der Waals surface area contributed by atoms with E-state index in [0.29, 0.717) is 48.3 Å². The van der Waals surface area contributed by atoms with E-state index in [1.807, 2.05) is 30.3 Å². The molecule has 3 rings (SSSR count). The minimum absolute atomic E-state index is 0.205. The number of rotatable bonds is 6. The van der Waals surface area contributed by atoms with Gasteiger partial charge >= 0.3 is 0 Å². The first-order valence-corrected chi connectivity index (χ1v) is 9.28. The number of carbonyl (C=O) groups is 1. The van der Waals surface area contributed by atoms with Gasteiger partial charge < -0.3 is 14.8 Å². The van der Waals surface area contributed by atoms with Gasteiger partial charge in [-0.1, -0.05) is 30.3 Å². The second-order valence-electron chi connectivity index (χ2n) is 5.39. The van der Waals surface area contributed by atoms with E-state index in [1.165, 1.54) is 0 Å². The molecule has 0 aliphatic carbocycles. The molecule has 24 heavy (non-hydrogen) atoms. The lowest BCUT2D eigenvalue weighted by atomic mass is 10.2. The van der Waals surface area contributed by atoms with Crippen LogP contribution in [0, 0.1) is 0 Å². The number of benzene rings is 2. The topological polar surface area (TPSA) is 64.6 Å². The maximum absolute atomic E-state index is 12.2. The third-order valence-corrected chi connectivity index (χ3v) is 4.90. The third-order valence-electron chi connectivity index (χ3n) is 3.59. The van der Waals surface area contributed by atoms with Gasteiger partial charge in [-0.3, -0.25) is 9.00 Å². The maximum atomic E-state index is 12.2. The van der Waals surface area contributed by atoms with Gasteiger partial charge in [0, 0.05) is 34.4 Å². The Morgan fingerprint density at radius 3 is 2.58 bits per heavy atom. The lowest BCUT2D eigenvalue weighted by Crippen LogP contribution is -2.28. The molecule has 5 nitrogen and oxygen atoms in total. The highest BCUT2D eigenvalue weighted by Gasteiger charge is 2.14. The summed E-state index contributed by atoms with van der Waals surface area (Å²) in [5.74, 6) is 1.96. The predicted octanol–water partition coefficient (Wildman–Crippen LogP) is 2.14. The van der Waals surface area contributed by atoms with E-state index < -0.39 is 10.8 Å². The molecule has 126 valence electrons. The number of ether oxygens (including phenoxy) is 2. The monoisotopic (exact) mass is 345 g/mol. The molecule has 0 saturated carbocycles. The summed E-state index contributed by atoms with van der Waals surface area (Å²) >= 11 is 0. The van der Waals surface area contributed by atoms with Gasteiger partial charge in [-0.2, -0.15) is 0 Å². The summed E-state index contributed by atoms with van der Waals surface area (Å²) in [6.45, 7) is 1.37. The molecule has 0 spiro atoms. The van der Waals surface area contributed by atoms with Gasteiger partial charge in [0.25, 0.3) is 5.91 Å². The van der Waals surface area contributed by atoms with Gasteiger partial charge in [-0.25, -0.2) is 0 Å². The van der Waals surface area contributed by atoms with Gasteiger partial charge in [-0.05, 0) is 23.8 Å². The van der Waals surface area contributed by atoms with E-state index in [9.17, 15) is 9.00 Å². The Labute approximate surface area is 143 Å². The summed E-state index contributed by atoms with van der Waals surface area (Å²) in [6.07, 6.45) is 0. The quantitative estimate of drug-likeness (QED) is 0.871. The van der Waals surface area contributed by atoms with Crippen molar-refractivity contribution in [3.63, 3.8) is 0 Å². The summed E-state index contributed by atoms with van der Waals surface area (Å²) in [6, 6.07) is 14.8. The highest BCUT2D eigenvalue weighted by atomic mass is 32.2. The average molecular weight is 345 g/mol. The molecule has 1 N–H and O–H groups in total. The van der Waals surface area contributed by atoms with Gasteiger partial charge in [0.15, 0.2) is 11.5 Å². The Balaban J connectivity index is 1.48. The zero-order valence-electron chi connectivity index (χ0n) is 13.2. The van der Waals surface area contributed by atoms with Crippen molar-refractivity contribution in [1.29, 1.82) is 0 Å². The Kier molecular flexibility index (Phi) is 5.48. The van der Waals surface area contributed by atoms with Crippen LogP contribution in [0.15, 0.2) is 48.5 Å². The van der Waals surface area contributed by atoms with E-state index in [-0.39, 0.29) is 5.91 Å². The minimum atomic E-state index is -1.01. The molecular weight excluding hydrogens is 326 g/mol. The normalized spacial score (nSPS) is 14.0. The zero-order chi connectivity index (χ0) is 16.8. The number of carbonyl (C=O) groups excluding carboxylic acids is 1. The summed E-state index contributed by atoms with van der Waals surface area (Å²) in [7, 11) is -1.01. The molecule has 1 unspecified atom stereocenters. The largest absolute Gasteiger partial charge is 0.486 e.